The van der Waals surface area contributed by atoms with Gasteiger partial charge in [0.15, 0.2) is 14.9 Å². The monoisotopic (exact) mass is 355 g/mol. The first-order chi connectivity index (χ1) is 9.12. The molecule has 0 spiro atoms. The molecule has 0 bridgehead atoms. The van der Waals surface area contributed by atoms with Gasteiger partial charge in [-0.25, -0.2) is 26.5 Å². The minimum atomic E-state index is -3.72. The number of nitrogens with one attached hydrogen (secondary N) is 1. The van der Waals surface area contributed by atoms with Gasteiger partial charge in [0.05, 0.1) is 0 Å². The summed E-state index contributed by atoms with van der Waals surface area (Å²) in [5.74, 6) is 0. The fraction of sp³-hybridized carbons (Fsp3) is 0.545. The molecule has 10 heteroatoms. The molecule has 0 unspecified atom stereocenters. The number of nitrogens with zero attached hydrogens (tertiary/aromatic N) is 1. The molecule has 0 saturated heterocycles. The molecule has 3 N–H and O–H groups in total. The van der Waals surface area contributed by atoms with Crippen LogP contribution < -0.4 is 10.5 Å². The first-order valence-electron chi connectivity index (χ1n) is 6.07. The van der Waals surface area contributed by atoms with Gasteiger partial charge >= 0.3 is 0 Å². The van der Waals surface area contributed by atoms with Crippen LogP contribution in [0.3, 0.4) is 0 Å². The fourth-order valence-corrected chi connectivity index (χ4v) is 3.52. The van der Waals surface area contributed by atoms with Crippen molar-refractivity contribution in [2.24, 2.45) is 5.73 Å². The van der Waals surface area contributed by atoms with Gasteiger partial charge in [-0.1, -0.05) is 0 Å². The normalized spacial score (nSPS) is 17.6. The zero-order valence-corrected chi connectivity index (χ0v) is 13.9. The van der Waals surface area contributed by atoms with Crippen molar-refractivity contribution in [3.8, 4) is 0 Å². The predicted molar refractivity (Wildman–Crippen MR) is 80.6 cm³/mol. The maximum Gasteiger partial charge on any atom is 0.242 e. The molecule has 0 aromatic carbocycles. The van der Waals surface area contributed by atoms with Gasteiger partial charge in [-0.3, -0.25) is 0 Å². The van der Waals surface area contributed by atoms with Crippen molar-refractivity contribution in [1.82, 2.24) is 9.71 Å². The molecule has 0 amide bonds. The van der Waals surface area contributed by atoms with Crippen LogP contribution in [0, 0.1) is 0 Å². The molecule has 1 saturated carbocycles. The Balaban J connectivity index is 0.00000220. The predicted octanol–water partition coefficient (Wildman–Crippen LogP) is 0.0666. The largest absolute Gasteiger partial charge is 0.324 e. The van der Waals surface area contributed by atoms with E-state index in [-0.39, 0.29) is 28.9 Å². The molecule has 0 atom stereocenters. The summed E-state index contributed by atoms with van der Waals surface area (Å²) in [5.41, 5.74) is 5.48. The third-order valence-electron chi connectivity index (χ3n) is 3.36. The van der Waals surface area contributed by atoms with E-state index in [4.69, 9.17) is 5.73 Å². The Morgan fingerprint density at radius 3 is 2.29 bits per heavy atom. The Morgan fingerprint density at radius 2 is 1.90 bits per heavy atom. The zero-order chi connectivity index (χ0) is 15.0. The van der Waals surface area contributed by atoms with Gasteiger partial charge in [-0.15, -0.1) is 12.4 Å². The summed E-state index contributed by atoms with van der Waals surface area (Å²) in [4.78, 5) is 3.58. The second-order valence-corrected chi connectivity index (χ2v) is 8.87. The lowest BCUT2D eigenvalue weighted by Crippen LogP contribution is -2.54. The van der Waals surface area contributed by atoms with Crippen molar-refractivity contribution in [1.29, 1.82) is 0 Å². The Bertz CT molecular complexity index is 697. The second kappa shape index (κ2) is 6.17. The molecule has 1 heterocycles. The fourth-order valence-electron chi connectivity index (χ4n) is 1.87. The maximum atomic E-state index is 12.0. The van der Waals surface area contributed by atoms with Crippen molar-refractivity contribution in [2.75, 3.05) is 12.8 Å². The number of sulfone groups is 1. The number of aromatic nitrogens is 1. The summed E-state index contributed by atoms with van der Waals surface area (Å²) in [7, 11) is -7.16. The summed E-state index contributed by atoms with van der Waals surface area (Å²) < 4.78 is 49.0. The van der Waals surface area contributed by atoms with Gasteiger partial charge in [0, 0.05) is 24.5 Å². The number of hydrogen-bond acceptors (Lipinski definition) is 6. The molecule has 2 rings (SSSR count). The molecule has 0 aliphatic heterocycles. The van der Waals surface area contributed by atoms with Gasteiger partial charge < -0.3 is 5.73 Å². The maximum absolute atomic E-state index is 12.0. The van der Waals surface area contributed by atoms with E-state index in [1.165, 1.54) is 12.1 Å². The molecule has 21 heavy (non-hydrogen) atoms. The summed E-state index contributed by atoms with van der Waals surface area (Å²) in [6.45, 7) is 0.170. The topological polar surface area (TPSA) is 119 Å². The molecule has 1 aliphatic carbocycles. The molecule has 0 radical (unpaired) electrons. The van der Waals surface area contributed by atoms with Crippen molar-refractivity contribution in [3.05, 3.63) is 18.3 Å². The molecule has 1 aliphatic rings. The number of halogens is 1. The van der Waals surface area contributed by atoms with Crippen LogP contribution in [0.15, 0.2) is 28.3 Å². The number of pyridine rings is 1. The summed E-state index contributed by atoms with van der Waals surface area (Å²) in [5, 5.41) is -0.161. The zero-order valence-electron chi connectivity index (χ0n) is 11.4. The van der Waals surface area contributed by atoms with Crippen LogP contribution in [0.5, 0.6) is 0 Å². The SMILES string of the molecule is CS(=O)(=O)c1ccc(S(=O)(=O)NCC2(N)CCC2)cn1.Cl. The highest BCUT2D eigenvalue weighted by molar-refractivity contribution is 7.90. The molecule has 120 valence electrons. The van der Waals surface area contributed by atoms with E-state index < -0.39 is 25.4 Å². The van der Waals surface area contributed by atoms with Crippen LogP contribution in [-0.4, -0.2) is 40.2 Å². The number of sulfonamides is 1. The molecular formula is C11H18ClN3O4S2. The summed E-state index contributed by atoms with van der Waals surface area (Å²) in [6.07, 6.45) is 4.63. The second-order valence-electron chi connectivity index (χ2n) is 5.14. The molecule has 7 nitrogen and oxygen atoms in total. The van der Waals surface area contributed by atoms with Crippen LogP contribution >= 0.6 is 12.4 Å². The average molecular weight is 356 g/mol. The lowest BCUT2D eigenvalue weighted by molar-refractivity contribution is 0.251. The van der Waals surface area contributed by atoms with Gasteiger partial charge in [-0.05, 0) is 31.4 Å². The van der Waals surface area contributed by atoms with Crippen LogP contribution in [0.4, 0.5) is 0 Å². The Morgan fingerprint density at radius 1 is 1.29 bits per heavy atom. The van der Waals surface area contributed by atoms with Gasteiger partial charge in [0.1, 0.15) is 4.90 Å². The highest BCUT2D eigenvalue weighted by atomic mass is 35.5. The highest BCUT2D eigenvalue weighted by Gasteiger charge is 2.33. The molecule has 1 fully saturated rings. The van der Waals surface area contributed by atoms with Crippen LogP contribution in [0.1, 0.15) is 19.3 Å². The lowest BCUT2D eigenvalue weighted by atomic mass is 9.78. The Hall–Kier alpha value is -0.740. The van der Waals surface area contributed by atoms with E-state index >= 15 is 0 Å². The van der Waals surface area contributed by atoms with Crippen molar-refractivity contribution in [2.45, 2.75) is 34.7 Å². The van der Waals surface area contributed by atoms with Crippen LogP contribution in [0.25, 0.3) is 0 Å². The van der Waals surface area contributed by atoms with E-state index in [1.807, 2.05) is 0 Å². The Kier molecular flexibility index (Phi) is 5.38. The standard InChI is InChI=1S/C11H17N3O4S2.ClH/c1-19(15,16)10-4-3-9(7-13-10)20(17,18)14-8-11(12)5-2-6-11;/h3-4,7,14H,2,5-6,8,12H2,1H3;1H. The smallest absolute Gasteiger partial charge is 0.242 e. The quantitative estimate of drug-likeness (QED) is 0.771. The summed E-state index contributed by atoms with van der Waals surface area (Å²) in [6, 6.07) is 2.39. The highest BCUT2D eigenvalue weighted by Crippen LogP contribution is 2.28. The van der Waals surface area contributed by atoms with E-state index in [0.717, 1.165) is 31.7 Å². The Labute approximate surface area is 130 Å². The molecule has 1 aromatic rings. The average Bonchev–Trinajstić information content (AvgIpc) is 2.33. The van der Waals surface area contributed by atoms with E-state index in [0.29, 0.717) is 0 Å². The van der Waals surface area contributed by atoms with Crippen molar-refractivity contribution in [3.63, 3.8) is 0 Å². The summed E-state index contributed by atoms with van der Waals surface area (Å²) >= 11 is 0. The first-order valence-corrected chi connectivity index (χ1v) is 9.45. The molecule has 1 aromatic heterocycles. The van der Waals surface area contributed by atoms with Crippen molar-refractivity contribution >= 4 is 32.3 Å². The third kappa shape index (κ3) is 4.36. The van der Waals surface area contributed by atoms with Crippen LogP contribution in [0.2, 0.25) is 0 Å². The van der Waals surface area contributed by atoms with E-state index in [1.54, 1.807) is 0 Å². The first kappa shape index (κ1) is 18.3. The van der Waals surface area contributed by atoms with E-state index in [9.17, 15) is 16.8 Å². The van der Waals surface area contributed by atoms with Crippen LogP contribution in [-0.2, 0) is 19.9 Å². The third-order valence-corrected chi connectivity index (χ3v) is 5.75. The van der Waals surface area contributed by atoms with Gasteiger partial charge in [-0.2, -0.15) is 0 Å². The lowest BCUT2D eigenvalue weighted by Gasteiger charge is -2.37. The van der Waals surface area contributed by atoms with Crippen molar-refractivity contribution < 1.29 is 16.8 Å². The van der Waals surface area contributed by atoms with E-state index in [2.05, 4.69) is 9.71 Å². The number of rotatable bonds is 5. The minimum Gasteiger partial charge on any atom is -0.324 e. The number of hydrogen-bond donors (Lipinski definition) is 2. The minimum absolute atomic E-state index is 0. The van der Waals surface area contributed by atoms with Gasteiger partial charge in [0.25, 0.3) is 0 Å². The van der Waals surface area contributed by atoms with Gasteiger partial charge in [0.2, 0.25) is 10.0 Å². The number of nitrogens with two attached hydrogens (primary N) is 1. The molecular weight excluding hydrogens is 338 g/mol.